The standard InChI is InChI=1S/C10H16N2/c1-2-7-12-10(8-11)9-5-3-4-6-9/h2,9-10,12H,1,3-7H2. The molecule has 0 amide bonds. The molecule has 12 heavy (non-hydrogen) atoms. The second-order valence-electron chi connectivity index (χ2n) is 3.35. The maximum absolute atomic E-state index is 8.87. The van der Waals surface area contributed by atoms with Gasteiger partial charge in [0.1, 0.15) is 0 Å². The Labute approximate surface area is 74.3 Å². The Morgan fingerprint density at radius 2 is 2.25 bits per heavy atom. The van der Waals surface area contributed by atoms with Crippen molar-refractivity contribution >= 4 is 0 Å². The van der Waals surface area contributed by atoms with E-state index in [4.69, 9.17) is 5.26 Å². The summed E-state index contributed by atoms with van der Waals surface area (Å²) in [6, 6.07) is 2.37. The van der Waals surface area contributed by atoms with Gasteiger partial charge in [0.15, 0.2) is 0 Å². The normalized spacial score (nSPS) is 20.2. The summed E-state index contributed by atoms with van der Waals surface area (Å²) >= 11 is 0. The van der Waals surface area contributed by atoms with Crippen molar-refractivity contribution in [3.8, 4) is 6.07 Å². The van der Waals surface area contributed by atoms with E-state index < -0.39 is 0 Å². The van der Waals surface area contributed by atoms with E-state index in [9.17, 15) is 0 Å². The van der Waals surface area contributed by atoms with Crippen LogP contribution < -0.4 is 5.32 Å². The molecule has 1 rings (SSSR count). The summed E-state index contributed by atoms with van der Waals surface area (Å²) in [7, 11) is 0. The first-order valence-corrected chi connectivity index (χ1v) is 4.62. The van der Waals surface area contributed by atoms with Gasteiger partial charge in [0.2, 0.25) is 0 Å². The van der Waals surface area contributed by atoms with Gasteiger partial charge in [-0.15, -0.1) is 6.58 Å². The van der Waals surface area contributed by atoms with E-state index in [2.05, 4.69) is 18.0 Å². The largest absolute Gasteiger partial charge is 0.298 e. The molecule has 1 N–H and O–H groups in total. The van der Waals surface area contributed by atoms with Crippen molar-refractivity contribution in [1.29, 1.82) is 5.26 Å². The molecule has 1 saturated carbocycles. The number of rotatable bonds is 4. The van der Waals surface area contributed by atoms with Crippen LogP contribution in [-0.2, 0) is 0 Å². The topological polar surface area (TPSA) is 35.8 Å². The van der Waals surface area contributed by atoms with Crippen molar-refractivity contribution in [2.75, 3.05) is 6.54 Å². The van der Waals surface area contributed by atoms with Crippen molar-refractivity contribution in [1.82, 2.24) is 5.32 Å². The summed E-state index contributed by atoms with van der Waals surface area (Å²) in [4.78, 5) is 0. The lowest BCUT2D eigenvalue weighted by molar-refractivity contribution is 0.435. The van der Waals surface area contributed by atoms with Gasteiger partial charge >= 0.3 is 0 Å². The third-order valence-electron chi connectivity index (χ3n) is 2.49. The molecule has 0 aromatic rings. The van der Waals surface area contributed by atoms with E-state index in [1.807, 2.05) is 0 Å². The quantitative estimate of drug-likeness (QED) is 0.643. The molecule has 0 radical (unpaired) electrons. The predicted molar refractivity (Wildman–Crippen MR) is 49.6 cm³/mol. The molecular formula is C10H16N2. The fourth-order valence-corrected chi connectivity index (χ4v) is 1.82. The highest BCUT2D eigenvalue weighted by Gasteiger charge is 2.23. The molecule has 1 atom stereocenters. The number of hydrogen-bond donors (Lipinski definition) is 1. The minimum Gasteiger partial charge on any atom is -0.298 e. The van der Waals surface area contributed by atoms with E-state index in [1.54, 1.807) is 6.08 Å². The maximum Gasteiger partial charge on any atom is 0.0983 e. The first-order chi connectivity index (χ1) is 5.88. The van der Waals surface area contributed by atoms with Gasteiger partial charge in [-0.25, -0.2) is 0 Å². The van der Waals surface area contributed by atoms with Gasteiger partial charge in [-0.3, -0.25) is 5.32 Å². The Morgan fingerprint density at radius 3 is 2.75 bits per heavy atom. The molecule has 2 nitrogen and oxygen atoms in total. The van der Waals surface area contributed by atoms with E-state index in [0.717, 1.165) is 6.54 Å². The van der Waals surface area contributed by atoms with Gasteiger partial charge < -0.3 is 0 Å². The lowest BCUT2D eigenvalue weighted by atomic mass is 9.99. The summed E-state index contributed by atoms with van der Waals surface area (Å²) in [5.41, 5.74) is 0. The molecule has 2 heteroatoms. The van der Waals surface area contributed by atoms with Crippen LogP contribution in [0.25, 0.3) is 0 Å². The Bertz CT molecular complexity index is 175. The van der Waals surface area contributed by atoms with Gasteiger partial charge in [-0.2, -0.15) is 5.26 Å². The van der Waals surface area contributed by atoms with Gasteiger partial charge in [-0.1, -0.05) is 18.9 Å². The molecular weight excluding hydrogens is 148 g/mol. The molecule has 66 valence electrons. The molecule has 0 aromatic heterocycles. The van der Waals surface area contributed by atoms with Crippen molar-refractivity contribution in [3.05, 3.63) is 12.7 Å². The van der Waals surface area contributed by atoms with Crippen LogP contribution in [0.1, 0.15) is 25.7 Å². The van der Waals surface area contributed by atoms with Crippen molar-refractivity contribution in [2.24, 2.45) is 5.92 Å². The van der Waals surface area contributed by atoms with E-state index in [1.165, 1.54) is 25.7 Å². The lowest BCUT2D eigenvalue weighted by Crippen LogP contribution is -2.33. The highest BCUT2D eigenvalue weighted by atomic mass is 14.9. The first kappa shape index (κ1) is 9.28. The van der Waals surface area contributed by atoms with Crippen LogP contribution >= 0.6 is 0 Å². The monoisotopic (exact) mass is 164 g/mol. The fourth-order valence-electron chi connectivity index (χ4n) is 1.82. The molecule has 0 heterocycles. The van der Waals surface area contributed by atoms with Crippen LogP contribution in [0.3, 0.4) is 0 Å². The maximum atomic E-state index is 8.87. The van der Waals surface area contributed by atoms with Crippen molar-refractivity contribution in [3.63, 3.8) is 0 Å². The smallest absolute Gasteiger partial charge is 0.0983 e. The Kier molecular flexibility index (Phi) is 3.83. The highest BCUT2D eigenvalue weighted by Crippen LogP contribution is 2.27. The Hall–Kier alpha value is -0.810. The zero-order valence-electron chi connectivity index (χ0n) is 7.42. The third kappa shape index (κ3) is 2.35. The van der Waals surface area contributed by atoms with E-state index >= 15 is 0 Å². The molecule has 0 spiro atoms. The average Bonchev–Trinajstić information content (AvgIpc) is 2.59. The second-order valence-corrected chi connectivity index (χ2v) is 3.35. The molecule has 1 unspecified atom stereocenters. The zero-order valence-corrected chi connectivity index (χ0v) is 7.42. The summed E-state index contributed by atoms with van der Waals surface area (Å²) < 4.78 is 0. The van der Waals surface area contributed by atoms with Crippen molar-refractivity contribution < 1.29 is 0 Å². The van der Waals surface area contributed by atoms with Crippen molar-refractivity contribution in [2.45, 2.75) is 31.7 Å². The molecule has 1 aliphatic carbocycles. The zero-order chi connectivity index (χ0) is 8.81. The van der Waals surface area contributed by atoms with Crippen LogP contribution in [0, 0.1) is 17.2 Å². The second kappa shape index (κ2) is 4.95. The van der Waals surface area contributed by atoms with Crippen LogP contribution in [0.15, 0.2) is 12.7 Å². The minimum atomic E-state index is 0.0468. The summed E-state index contributed by atoms with van der Waals surface area (Å²) in [5.74, 6) is 0.579. The summed E-state index contributed by atoms with van der Waals surface area (Å²) in [6.07, 6.45) is 6.81. The van der Waals surface area contributed by atoms with E-state index in [0.29, 0.717) is 5.92 Å². The average molecular weight is 164 g/mol. The lowest BCUT2D eigenvalue weighted by Gasteiger charge is -2.16. The van der Waals surface area contributed by atoms with E-state index in [-0.39, 0.29) is 6.04 Å². The van der Waals surface area contributed by atoms with Gasteiger partial charge in [0.05, 0.1) is 12.1 Å². The van der Waals surface area contributed by atoms with Crippen LogP contribution in [-0.4, -0.2) is 12.6 Å². The predicted octanol–water partition coefficient (Wildman–Crippen LogP) is 1.84. The number of nitriles is 1. The minimum absolute atomic E-state index is 0.0468. The molecule has 0 saturated heterocycles. The number of nitrogens with one attached hydrogen (secondary N) is 1. The SMILES string of the molecule is C=CCNC(C#N)C1CCCC1. The summed E-state index contributed by atoms with van der Waals surface area (Å²) in [5, 5.41) is 12.0. The number of nitrogens with zero attached hydrogens (tertiary/aromatic N) is 1. The molecule has 0 bridgehead atoms. The van der Waals surface area contributed by atoms with Crippen LogP contribution in [0.2, 0.25) is 0 Å². The van der Waals surface area contributed by atoms with Gasteiger partial charge in [-0.05, 0) is 18.8 Å². The Morgan fingerprint density at radius 1 is 1.58 bits per heavy atom. The van der Waals surface area contributed by atoms with Gasteiger partial charge in [0, 0.05) is 6.54 Å². The molecule has 1 aliphatic rings. The molecule has 0 aliphatic heterocycles. The fraction of sp³-hybridized carbons (Fsp3) is 0.700. The molecule has 0 aromatic carbocycles. The van der Waals surface area contributed by atoms with Gasteiger partial charge in [0.25, 0.3) is 0 Å². The highest BCUT2D eigenvalue weighted by molar-refractivity contribution is 4.97. The number of hydrogen-bond acceptors (Lipinski definition) is 2. The van der Waals surface area contributed by atoms with Crippen LogP contribution in [0.5, 0.6) is 0 Å². The third-order valence-corrected chi connectivity index (χ3v) is 2.49. The molecule has 1 fully saturated rings. The van der Waals surface area contributed by atoms with Crippen LogP contribution in [0.4, 0.5) is 0 Å². The Balaban J connectivity index is 2.33. The first-order valence-electron chi connectivity index (χ1n) is 4.62. The summed E-state index contributed by atoms with van der Waals surface area (Å²) in [6.45, 7) is 4.37.